The number of thioether (sulfide) groups is 1. The number of carbonyl (C=O) groups excluding carboxylic acids is 1. The van der Waals surface area contributed by atoms with Crippen molar-refractivity contribution < 1.29 is 9.18 Å². The minimum Gasteiger partial charge on any atom is -0.342 e. The average Bonchev–Trinajstić information content (AvgIpc) is 2.84. The number of amides is 1. The average molecular weight is 296 g/mol. The highest BCUT2D eigenvalue weighted by atomic mass is 32.2. The number of rotatable bonds is 5. The molecule has 0 aliphatic carbocycles. The van der Waals surface area contributed by atoms with E-state index < -0.39 is 0 Å². The maximum Gasteiger partial charge on any atom is 0.223 e. The summed E-state index contributed by atoms with van der Waals surface area (Å²) in [7, 11) is 0. The Kier molecular flexibility index (Phi) is 5.05. The van der Waals surface area contributed by atoms with E-state index >= 15 is 0 Å². The third-order valence-electron chi connectivity index (χ3n) is 3.81. The third kappa shape index (κ3) is 3.73. The van der Waals surface area contributed by atoms with Gasteiger partial charge in [0.1, 0.15) is 5.82 Å². The molecule has 2 rings (SSSR count). The van der Waals surface area contributed by atoms with Crippen molar-refractivity contribution in [3.05, 3.63) is 30.1 Å². The zero-order chi connectivity index (χ0) is 14.6. The van der Waals surface area contributed by atoms with Gasteiger partial charge in [-0.25, -0.2) is 4.39 Å². The molecule has 0 radical (unpaired) electrons. The van der Waals surface area contributed by atoms with Crippen LogP contribution in [0, 0.1) is 11.2 Å². The van der Waals surface area contributed by atoms with Gasteiger partial charge in [0.15, 0.2) is 0 Å². The molecular formula is C15H21FN2OS. The molecule has 1 amide bonds. The number of hydrogen-bond donors (Lipinski definition) is 1. The fraction of sp³-hybridized carbons (Fsp3) is 0.533. The molecule has 1 aliphatic heterocycles. The molecule has 1 saturated heterocycles. The van der Waals surface area contributed by atoms with Crippen LogP contribution in [0.5, 0.6) is 0 Å². The van der Waals surface area contributed by atoms with Gasteiger partial charge in [0.25, 0.3) is 0 Å². The van der Waals surface area contributed by atoms with E-state index in [-0.39, 0.29) is 17.1 Å². The maximum absolute atomic E-state index is 13.4. The highest BCUT2D eigenvalue weighted by Crippen LogP contribution is 2.29. The van der Waals surface area contributed by atoms with Crippen LogP contribution in [-0.2, 0) is 4.79 Å². The second kappa shape index (κ2) is 6.59. The summed E-state index contributed by atoms with van der Waals surface area (Å²) in [5, 5.41) is 0. The summed E-state index contributed by atoms with van der Waals surface area (Å²) in [5.41, 5.74) is 5.80. The second-order valence-corrected chi connectivity index (χ2v) is 6.75. The summed E-state index contributed by atoms with van der Waals surface area (Å²) >= 11 is 1.39. The highest BCUT2D eigenvalue weighted by Gasteiger charge is 2.34. The molecule has 1 aromatic rings. The van der Waals surface area contributed by atoms with Crippen molar-refractivity contribution in [1.29, 1.82) is 0 Å². The van der Waals surface area contributed by atoms with E-state index in [2.05, 4.69) is 6.92 Å². The van der Waals surface area contributed by atoms with Gasteiger partial charge in [-0.15, -0.1) is 11.8 Å². The molecule has 1 aromatic carbocycles. The fourth-order valence-electron chi connectivity index (χ4n) is 2.37. The highest BCUT2D eigenvalue weighted by molar-refractivity contribution is 7.99. The first-order valence-electron chi connectivity index (χ1n) is 6.89. The second-order valence-electron chi connectivity index (χ2n) is 5.61. The lowest BCUT2D eigenvalue weighted by molar-refractivity contribution is -0.130. The van der Waals surface area contributed by atoms with Gasteiger partial charge in [-0.3, -0.25) is 4.79 Å². The Hall–Kier alpha value is -1.07. The smallest absolute Gasteiger partial charge is 0.223 e. The van der Waals surface area contributed by atoms with E-state index in [0.717, 1.165) is 19.5 Å². The van der Waals surface area contributed by atoms with Gasteiger partial charge in [0.05, 0.1) is 0 Å². The molecule has 0 spiro atoms. The minimum absolute atomic E-state index is 0.0638. The monoisotopic (exact) mass is 296 g/mol. The Morgan fingerprint density at radius 1 is 1.50 bits per heavy atom. The van der Waals surface area contributed by atoms with Crippen LogP contribution in [0.1, 0.15) is 19.8 Å². The Labute approximate surface area is 123 Å². The topological polar surface area (TPSA) is 46.3 Å². The van der Waals surface area contributed by atoms with Crippen molar-refractivity contribution in [2.24, 2.45) is 11.1 Å². The molecule has 0 bridgehead atoms. The molecule has 110 valence electrons. The Bertz CT molecular complexity index is 483. The van der Waals surface area contributed by atoms with E-state index in [1.54, 1.807) is 18.2 Å². The number of hydrogen-bond acceptors (Lipinski definition) is 3. The molecule has 20 heavy (non-hydrogen) atoms. The normalized spacial score (nSPS) is 22.2. The van der Waals surface area contributed by atoms with Crippen LogP contribution < -0.4 is 5.73 Å². The quantitative estimate of drug-likeness (QED) is 0.849. The Morgan fingerprint density at radius 3 is 2.90 bits per heavy atom. The number of halogens is 1. The van der Waals surface area contributed by atoms with Crippen LogP contribution in [0.25, 0.3) is 0 Å². The zero-order valence-electron chi connectivity index (χ0n) is 11.8. The molecule has 0 aromatic heterocycles. The third-order valence-corrected chi connectivity index (χ3v) is 4.86. The summed E-state index contributed by atoms with van der Waals surface area (Å²) in [5.74, 6) is 0.531. The molecule has 1 atom stereocenters. The zero-order valence-corrected chi connectivity index (χ0v) is 12.6. The molecule has 2 N–H and O–H groups in total. The first-order valence-corrected chi connectivity index (χ1v) is 7.88. The predicted octanol–water partition coefficient (Wildman–Crippen LogP) is 2.51. The van der Waals surface area contributed by atoms with Gasteiger partial charge >= 0.3 is 0 Å². The fourth-order valence-corrected chi connectivity index (χ4v) is 3.25. The van der Waals surface area contributed by atoms with E-state index in [4.69, 9.17) is 5.73 Å². The SMILES string of the molecule is CC1(CN)CCN(C(=O)CCSc2ccccc2F)C1. The number of nitrogens with two attached hydrogens (primary N) is 1. The largest absolute Gasteiger partial charge is 0.342 e. The van der Waals surface area contributed by atoms with Crippen molar-refractivity contribution in [2.45, 2.75) is 24.7 Å². The van der Waals surface area contributed by atoms with Gasteiger partial charge in [0, 0.05) is 30.2 Å². The summed E-state index contributed by atoms with van der Waals surface area (Å²) in [6.07, 6.45) is 1.41. The Balaban J connectivity index is 1.78. The van der Waals surface area contributed by atoms with E-state index in [0.29, 0.717) is 23.6 Å². The number of benzene rings is 1. The van der Waals surface area contributed by atoms with Gasteiger partial charge < -0.3 is 10.6 Å². The maximum atomic E-state index is 13.4. The molecule has 0 saturated carbocycles. The molecule has 1 unspecified atom stereocenters. The lowest BCUT2D eigenvalue weighted by Crippen LogP contribution is -2.34. The van der Waals surface area contributed by atoms with E-state index in [9.17, 15) is 9.18 Å². The predicted molar refractivity (Wildman–Crippen MR) is 80.1 cm³/mol. The van der Waals surface area contributed by atoms with Gasteiger partial charge in [-0.05, 0) is 30.5 Å². The summed E-state index contributed by atoms with van der Waals surface area (Å²) < 4.78 is 13.4. The minimum atomic E-state index is -0.221. The first-order chi connectivity index (χ1) is 9.54. The van der Waals surface area contributed by atoms with E-state index in [1.807, 2.05) is 4.90 Å². The molecule has 1 aliphatic rings. The van der Waals surface area contributed by atoms with Crippen LogP contribution in [0.15, 0.2) is 29.2 Å². The molecule has 5 heteroatoms. The van der Waals surface area contributed by atoms with Crippen LogP contribution in [0.2, 0.25) is 0 Å². The van der Waals surface area contributed by atoms with Gasteiger partial charge in [0.2, 0.25) is 5.91 Å². The van der Waals surface area contributed by atoms with Crippen molar-refractivity contribution >= 4 is 17.7 Å². The standard InChI is InChI=1S/C15H21FN2OS/c1-15(10-17)7-8-18(11-15)14(19)6-9-20-13-5-3-2-4-12(13)16/h2-5H,6-11,17H2,1H3. The number of carbonyl (C=O) groups is 1. The first kappa shape index (κ1) is 15.3. The molecule has 1 heterocycles. The summed E-state index contributed by atoms with van der Waals surface area (Å²) in [6, 6.07) is 6.66. The van der Waals surface area contributed by atoms with E-state index in [1.165, 1.54) is 17.8 Å². The molecule has 1 fully saturated rings. The van der Waals surface area contributed by atoms with Crippen LogP contribution in [0.4, 0.5) is 4.39 Å². The van der Waals surface area contributed by atoms with Crippen molar-refractivity contribution in [3.8, 4) is 0 Å². The van der Waals surface area contributed by atoms with Crippen LogP contribution in [0.3, 0.4) is 0 Å². The van der Waals surface area contributed by atoms with Crippen LogP contribution >= 0.6 is 11.8 Å². The number of likely N-dealkylation sites (tertiary alicyclic amines) is 1. The molecular weight excluding hydrogens is 275 g/mol. The van der Waals surface area contributed by atoms with Crippen molar-refractivity contribution in [1.82, 2.24) is 4.90 Å². The lowest BCUT2D eigenvalue weighted by Gasteiger charge is -2.22. The molecule has 3 nitrogen and oxygen atoms in total. The lowest BCUT2D eigenvalue weighted by atomic mass is 9.90. The van der Waals surface area contributed by atoms with Crippen LogP contribution in [-0.4, -0.2) is 36.2 Å². The van der Waals surface area contributed by atoms with Crippen molar-refractivity contribution in [3.63, 3.8) is 0 Å². The number of nitrogens with zero attached hydrogens (tertiary/aromatic N) is 1. The van der Waals surface area contributed by atoms with Gasteiger partial charge in [-0.2, -0.15) is 0 Å². The van der Waals surface area contributed by atoms with Crippen molar-refractivity contribution in [2.75, 3.05) is 25.4 Å². The summed E-state index contributed by atoms with van der Waals surface area (Å²) in [6.45, 7) is 4.26. The van der Waals surface area contributed by atoms with Gasteiger partial charge in [-0.1, -0.05) is 19.1 Å². The Morgan fingerprint density at radius 2 is 2.25 bits per heavy atom. The summed E-state index contributed by atoms with van der Waals surface area (Å²) in [4.78, 5) is 14.6.